The number of aliphatic hydroxyl groups is 1. The number of carbonyl (C=O) groups excluding carboxylic acids is 1. The van der Waals surface area contributed by atoms with Gasteiger partial charge in [-0.2, -0.15) is 0 Å². The summed E-state index contributed by atoms with van der Waals surface area (Å²) < 4.78 is 0. The molecule has 0 fully saturated rings. The van der Waals surface area contributed by atoms with Crippen LogP contribution in [0.2, 0.25) is 0 Å². The minimum Gasteiger partial charge on any atom is -0.395 e. The second-order valence-electron chi connectivity index (χ2n) is 5.06. The Morgan fingerprint density at radius 2 is 2.14 bits per heavy atom. The maximum absolute atomic E-state index is 12.1. The monoisotopic (exact) mass is 300 g/mol. The maximum Gasteiger partial charge on any atom is 0.251 e. The maximum atomic E-state index is 12.1. The first-order valence-corrected chi connectivity index (χ1v) is 7.26. The van der Waals surface area contributed by atoms with E-state index >= 15 is 0 Å². The van der Waals surface area contributed by atoms with E-state index in [1.165, 1.54) is 4.90 Å². The van der Waals surface area contributed by atoms with E-state index in [0.29, 0.717) is 18.5 Å². The van der Waals surface area contributed by atoms with Gasteiger partial charge in [0.2, 0.25) is 5.91 Å². The van der Waals surface area contributed by atoms with Crippen molar-refractivity contribution in [1.82, 2.24) is 9.88 Å². The lowest BCUT2D eigenvalue weighted by atomic mass is 10.1. The molecule has 22 heavy (non-hydrogen) atoms. The molecule has 0 spiro atoms. The molecule has 2 rings (SSSR count). The molecule has 0 atom stereocenters. The van der Waals surface area contributed by atoms with E-state index in [0.717, 1.165) is 10.9 Å². The van der Waals surface area contributed by atoms with Gasteiger partial charge in [-0.3, -0.25) is 9.59 Å². The van der Waals surface area contributed by atoms with Gasteiger partial charge in [0.05, 0.1) is 6.61 Å². The smallest absolute Gasteiger partial charge is 0.251 e. The number of carbonyl (C=O) groups is 1. The molecule has 0 saturated heterocycles. The number of aliphatic hydroxyl groups excluding tert-OH is 1. The molecule has 1 aromatic carbocycles. The molecule has 2 aromatic rings. The van der Waals surface area contributed by atoms with Gasteiger partial charge in [-0.15, -0.1) is 6.58 Å². The SMILES string of the molecule is C=CCN(CCO)C(=O)CCc1cc2ccccc2[nH]c1=O. The zero-order valence-corrected chi connectivity index (χ0v) is 12.4. The molecule has 0 bridgehead atoms. The average Bonchev–Trinajstić information content (AvgIpc) is 2.52. The number of benzene rings is 1. The first kappa shape index (κ1) is 16.0. The normalized spacial score (nSPS) is 10.6. The Bertz CT molecular complexity index is 721. The van der Waals surface area contributed by atoms with Gasteiger partial charge in [0.1, 0.15) is 0 Å². The van der Waals surface area contributed by atoms with Crippen LogP contribution in [0.1, 0.15) is 12.0 Å². The standard InChI is InChI=1S/C17H20N2O3/c1-2-9-19(10-11-20)16(21)8-7-14-12-13-5-3-4-6-15(13)18-17(14)22/h2-6,12,20H,1,7-11H2,(H,18,22). The third-order valence-electron chi connectivity index (χ3n) is 3.51. The van der Waals surface area contributed by atoms with Crippen molar-refractivity contribution in [2.24, 2.45) is 0 Å². The molecule has 0 unspecified atom stereocenters. The topological polar surface area (TPSA) is 73.4 Å². The predicted molar refractivity (Wildman–Crippen MR) is 86.8 cm³/mol. The number of nitrogens with zero attached hydrogens (tertiary/aromatic N) is 1. The Balaban J connectivity index is 2.10. The molecule has 5 nitrogen and oxygen atoms in total. The van der Waals surface area contributed by atoms with Gasteiger partial charge in [0.15, 0.2) is 0 Å². The molecular formula is C17H20N2O3. The number of aryl methyl sites for hydroxylation is 1. The van der Waals surface area contributed by atoms with Gasteiger partial charge in [0, 0.05) is 30.6 Å². The van der Waals surface area contributed by atoms with E-state index in [9.17, 15) is 9.59 Å². The summed E-state index contributed by atoms with van der Waals surface area (Å²) in [5.41, 5.74) is 1.22. The molecular weight excluding hydrogens is 280 g/mol. The molecule has 1 amide bonds. The molecule has 0 saturated carbocycles. The highest BCUT2D eigenvalue weighted by Crippen LogP contribution is 2.11. The van der Waals surface area contributed by atoms with Gasteiger partial charge in [-0.25, -0.2) is 0 Å². The molecule has 0 aliphatic rings. The lowest BCUT2D eigenvalue weighted by molar-refractivity contribution is -0.131. The summed E-state index contributed by atoms with van der Waals surface area (Å²) >= 11 is 0. The van der Waals surface area contributed by atoms with Gasteiger partial charge in [-0.1, -0.05) is 24.3 Å². The van der Waals surface area contributed by atoms with Crippen LogP contribution >= 0.6 is 0 Å². The molecule has 0 aliphatic heterocycles. The zero-order valence-electron chi connectivity index (χ0n) is 12.4. The van der Waals surface area contributed by atoms with E-state index in [1.807, 2.05) is 30.3 Å². The second kappa shape index (κ2) is 7.56. The Hall–Kier alpha value is -2.40. The van der Waals surface area contributed by atoms with Crippen molar-refractivity contribution < 1.29 is 9.90 Å². The first-order chi connectivity index (χ1) is 10.7. The lowest BCUT2D eigenvalue weighted by Crippen LogP contribution is -2.34. The summed E-state index contributed by atoms with van der Waals surface area (Å²) in [6, 6.07) is 9.36. The summed E-state index contributed by atoms with van der Waals surface area (Å²) in [6.45, 7) is 4.19. The fourth-order valence-corrected chi connectivity index (χ4v) is 2.37. The zero-order chi connectivity index (χ0) is 15.9. The average molecular weight is 300 g/mol. The van der Waals surface area contributed by atoms with E-state index in [-0.39, 0.29) is 31.0 Å². The number of fused-ring (bicyclic) bond motifs is 1. The quantitative estimate of drug-likeness (QED) is 0.760. The highest BCUT2D eigenvalue weighted by Gasteiger charge is 2.12. The number of pyridine rings is 1. The van der Waals surface area contributed by atoms with Crippen LogP contribution in [0.15, 0.2) is 47.8 Å². The molecule has 5 heteroatoms. The van der Waals surface area contributed by atoms with Crippen LogP contribution in [0.25, 0.3) is 10.9 Å². The fourth-order valence-electron chi connectivity index (χ4n) is 2.37. The first-order valence-electron chi connectivity index (χ1n) is 7.26. The second-order valence-corrected chi connectivity index (χ2v) is 5.06. The van der Waals surface area contributed by atoms with Gasteiger partial charge in [-0.05, 0) is 23.9 Å². The number of hydrogen-bond acceptors (Lipinski definition) is 3. The van der Waals surface area contributed by atoms with Crippen molar-refractivity contribution in [2.75, 3.05) is 19.7 Å². The van der Waals surface area contributed by atoms with E-state index in [2.05, 4.69) is 11.6 Å². The third kappa shape index (κ3) is 3.83. The van der Waals surface area contributed by atoms with E-state index < -0.39 is 0 Å². The molecule has 0 radical (unpaired) electrons. The summed E-state index contributed by atoms with van der Waals surface area (Å²) in [5.74, 6) is -0.0958. The lowest BCUT2D eigenvalue weighted by Gasteiger charge is -2.19. The Morgan fingerprint density at radius 3 is 2.86 bits per heavy atom. The van der Waals surface area contributed by atoms with Crippen LogP contribution in [0, 0.1) is 0 Å². The fraction of sp³-hybridized carbons (Fsp3) is 0.294. The molecule has 1 aromatic heterocycles. The summed E-state index contributed by atoms with van der Waals surface area (Å²) in [4.78, 5) is 28.5. The number of rotatable bonds is 7. The molecule has 0 aliphatic carbocycles. The van der Waals surface area contributed by atoms with Crippen molar-refractivity contribution >= 4 is 16.8 Å². The van der Waals surface area contributed by atoms with Crippen LogP contribution in [-0.4, -0.2) is 40.6 Å². The highest BCUT2D eigenvalue weighted by atomic mass is 16.3. The number of aromatic nitrogens is 1. The minimum absolute atomic E-state index is 0.0872. The van der Waals surface area contributed by atoms with E-state index in [4.69, 9.17) is 5.11 Å². The Labute approximate surface area is 128 Å². The third-order valence-corrected chi connectivity index (χ3v) is 3.51. The molecule has 1 heterocycles. The van der Waals surface area contributed by atoms with E-state index in [1.54, 1.807) is 6.08 Å². The number of nitrogens with one attached hydrogen (secondary N) is 1. The van der Waals surface area contributed by atoms with Gasteiger partial charge in [0.25, 0.3) is 5.56 Å². The van der Waals surface area contributed by atoms with Crippen molar-refractivity contribution in [3.63, 3.8) is 0 Å². The van der Waals surface area contributed by atoms with Crippen LogP contribution in [0.5, 0.6) is 0 Å². The molecule has 2 N–H and O–H groups in total. The number of hydrogen-bond donors (Lipinski definition) is 2. The van der Waals surface area contributed by atoms with Crippen LogP contribution in [0.4, 0.5) is 0 Å². The number of amides is 1. The predicted octanol–water partition coefficient (Wildman–Crippen LogP) is 1.47. The van der Waals surface area contributed by atoms with Crippen molar-refractivity contribution in [2.45, 2.75) is 12.8 Å². The summed E-state index contributed by atoms with van der Waals surface area (Å²) in [7, 11) is 0. The molecule has 116 valence electrons. The summed E-state index contributed by atoms with van der Waals surface area (Å²) in [5, 5.41) is 9.92. The van der Waals surface area contributed by atoms with Gasteiger partial charge < -0.3 is 15.0 Å². The highest BCUT2D eigenvalue weighted by molar-refractivity contribution is 5.79. The van der Waals surface area contributed by atoms with Gasteiger partial charge >= 0.3 is 0 Å². The summed E-state index contributed by atoms with van der Waals surface area (Å²) in [6.07, 6.45) is 2.23. The number of H-pyrrole nitrogens is 1. The Kier molecular flexibility index (Phi) is 5.49. The van der Waals surface area contributed by atoms with Crippen molar-refractivity contribution in [3.8, 4) is 0 Å². The van der Waals surface area contributed by atoms with Crippen molar-refractivity contribution in [1.29, 1.82) is 0 Å². The van der Waals surface area contributed by atoms with Crippen molar-refractivity contribution in [3.05, 3.63) is 58.9 Å². The number of aromatic amines is 1. The van der Waals surface area contributed by atoms with Crippen LogP contribution in [-0.2, 0) is 11.2 Å². The number of para-hydroxylation sites is 1. The largest absolute Gasteiger partial charge is 0.395 e. The Morgan fingerprint density at radius 1 is 1.36 bits per heavy atom. The minimum atomic E-state index is -0.163. The van der Waals surface area contributed by atoms with Crippen LogP contribution in [0.3, 0.4) is 0 Å². The van der Waals surface area contributed by atoms with Crippen LogP contribution < -0.4 is 5.56 Å².